The van der Waals surface area contributed by atoms with Gasteiger partial charge in [-0.05, 0) is 31.0 Å². The number of hydrogen-bond acceptors (Lipinski definition) is 3. The van der Waals surface area contributed by atoms with Gasteiger partial charge in [-0.15, -0.1) is 0 Å². The van der Waals surface area contributed by atoms with E-state index in [1.807, 2.05) is 0 Å². The van der Waals surface area contributed by atoms with E-state index < -0.39 is 16.0 Å². The molecule has 1 aromatic carbocycles. The smallest absolute Gasteiger partial charge is 0.301 e. The van der Waals surface area contributed by atoms with Gasteiger partial charge in [0.15, 0.2) is 0 Å². The Morgan fingerprint density at radius 1 is 1.33 bits per heavy atom. The van der Waals surface area contributed by atoms with Crippen molar-refractivity contribution in [2.75, 3.05) is 24.4 Å². The van der Waals surface area contributed by atoms with Crippen molar-refractivity contribution in [2.24, 2.45) is 0 Å². The zero-order valence-corrected chi connectivity index (χ0v) is 12.3. The first kappa shape index (κ1) is 15.8. The summed E-state index contributed by atoms with van der Waals surface area (Å²) in [6.45, 7) is 0.868. The summed E-state index contributed by atoms with van der Waals surface area (Å²) in [5.74, 6) is 4.70. The van der Waals surface area contributed by atoms with Crippen LogP contribution in [0.15, 0.2) is 18.2 Å². The molecule has 0 saturated carbocycles. The second kappa shape index (κ2) is 6.89. The van der Waals surface area contributed by atoms with Crippen LogP contribution in [0.1, 0.15) is 24.8 Å². The summed E-state index contributed by atoms with van der Waals surface area (Å²) < 4.78 is 41.6. The monoisotopic (exact) mass is 312 g/mol. The van der Waals surface area contributed by atoms with Crippen LogP contribution < -0.4 is 4.72 Å². The van der Waals surface area contributed by atoms with Crippen molar-refractivity contribution >= 4 is 15.9 Å². The number of nitrogens with one attached hydrogen (secondary N) is 1. The molecule has 1 aliphatic heterocycles. The minimum atomic E-state index is -3.70. The van der Waals surface area contributed by atoms with Crippen molar-refractivity contribution in [3.8, 4) is 11.8 Å². The van der Waals surface area contributed by atoms with E-state index in [2.05, 4.69) is 16.6 Å². The van der Waals surface area contributed by atoms with E-state index in [4.69, 9.17) is 5.11 Å². The largest absolute Gasteiger partial charge is 0.395 e. The normalized spacial score (nSPS) is 15.5. The summed E-state index contributed by atoms with van der Waals surface area (Å²) in [6.07, 6.45) is 1.95. The molecule has 1 aromatic rings. The third kappa shape index (κ3) is 4.17. The molecule has 21 heavy (non-hydrogen) atoms. The Morgan fingerprint density at radius 3 is 2.67 bits per heavy atom. The molecular weight excluding hydrogens is 295 g/mol. The molecule has 1 fully saturated rings. The van der Waals surface area contributed by atoms with Crippen molar-refractivity contribution in [3.63, 3.8) is 0 Å². The summed E-state index contributed by atoms with van der Waals surface area (Å²) in [5.41, 5.74) is 0.347. The Kier molecular flexibility index (Phi) is 5.17. The lowest BCUT2D eigenvalue weighted by Crippen LogP contribution is -2.33. The molecule has 5 nitrogen and oxygen atoms in total. The highest BCUT2D eigenvalue weighted by atomic mass is 32.2. The summed E-state index contributed by atoms with van der Waals surface area (Å²) in [6, 6.07) is 4.06. The number of aliphatic hydroxyl groups excluding tert-OH is 1. The van der Waals surface area contributed by atoms with Crippen LogP contribution in [0.5, 0.6) is 0 Å². The van der Waals surface area contributed by atoms with Gasteiger partial charge in [0.1, 0.15) is 5.82 Å². The highest BCUT2D eigenvalue weighted by Crippen LogP contribution is 2.20. The van der Waals surface area contributed by atoms with Gasteiger partial charge in [0.25, 0.3) is 0 Å². The van der Waals surface area contributed by atoms with E-state index in [0.29, 0.717) is 25.1 Å². The van der Waals surface area contributed by atoms with Gasteiger partial charge in [-0.1, -0.05) is 11.8 Å². The average molecular weight is 312 g/mol. The lowest BCUT2D eigenvalue weighted by Gasteiger charge is -2.17. The molecular formula is C14H17FN2O3S. The predicted molar refractivity (Wildman–Crippen MR) is 78.3 cm³/mol. The van der Waals surface area contributed by atoms with E-state index in [1.54, 1.807) is 0 Å². The fourth-order valence-corrected chi connectivity index (χ4v) is 3.34. The molecule has 0 aliphatic carbocycles. The number of hydrogen-bond donors (Lipinski definition) is 2. The van der Waals surface area contributed by atoms with Crippen molar-refractivity contribution in [3.05, 3.63) is 29.6 Å². The maximum atomic E-state index is 13.9. The standard InChI is InChI=1S/C14H17FN2O3S/c15-13-11-12(5-1-4-10-18)6-7-14(13)16-21(19,20)17-8-2-3-9-17/h6-7,11,16,18H,2-4,8-10H2. The molecule has 2 rings (SSSR count). The molecule has 7 heteroatoms. The van der Waals surface area contributed by atoms with E-state index >= 15 is 0 Å². The second-order valence-electron chi connectivity index (χ2n) is 4.68. The zero-order chi connectivity index (χ0) is 15.3. The van der Waals surface area contributed by atoms with E-state index in [0.717, 1.165) is 12.8 Å². The second-order valence-corrected chi connectivity index (χ2v) is 6.35. The van der Waals surface area contributed by atoms with Crippen LogP contribution in [0.4, 0.5) is 10.1 Å². The Bertz CT molecular complexity index is 659. The van der Waals surface area contributed by atoms with Crippen LogP contribution in [0, 0.1) is 17.7 Å². The quantitative estimate of drug-likeness (QED) is 0.824. The van der Waals surface area contributed by atoms with Gasteiger partial charge >= 0.3 is 10.2 Å². The average Bonchev–Trinajstić information content (AvgIpc) is 2.97. The van der Waals surface area contributed by atoms with Crippen LogP contribution in [-0.4, -0.2) is 37.5 Å². The van der Waals surface area contributed by atoms with Gasteiger partial charge in [0.2, 0.25) is 0 Å². The minimum Gasteiger partial charge on any atom is -0.395 e. The van der Waals surface area contributed by atoms with E-state index in [-0.39, 0.29) is 12.3 Å². The summed E-state index contributed by atoms with van der Waals surface area (Å²) in [7, 11) is -3.70. The highest BCUT2D eigenvalue weighted by molar-refractivity contribution is 7.90. The first-order valence-electron chi connectivity index (χ1n) is 6.70. The molecule has 0 atom stereocenters. The molecule has 1 saturated heterocycles. The van der Waals surface area contributed by atoms with Crippen LogP contribution >= 0.6 is 0 Å². The first-order valence-corrected chi connectivity index (χ1v) is 8.14. The number of benzene rings is 1. The number of anilines is 1. The Labute approximate surface area is 124 Å². The van der Waals surface area contributed by atoms with Gasteiger partial charge in [0, 0.05) is 25.1 Å². The maximum absolute atomic E-state index is 13.9. The third-order valence-electron chi connectivity index (χ3n) is 3.08. The molecule has 1 heterocycles. The molecule has 1 aliphatic rings. The summed E-state index contributed by atoms with van der Waals surface area (Å²) in [5, 5.41) is 8.62. The maximum Gasteiger partial charge on any atom is 0.301 e. The topological polar surface area (TPSA) is 69.6 Å². The fraction of sp³-hybridized carbons (Fsp3) is 0.429. The Hall–Kier alpha value is -1.62. The van der Waals surface area contributed by atoms with Crippen molar-refractivity contribution in [1.82, 2.24) is 4.31 Å². The molecule has 0 bridgehead atoms. The predicted octanol–water partition coefficient (Wildman–Crippen LogP) is 1.31. The van der Waals surface area contributed by atoms with Crippen LogP contribution in [-0.2, 0) is 10.2 Å². The van der Waals surface area contributed by atoms with Crippen molar-refractivity contribution in [2.45, 2.75) is 19.3 Å². The van der Waals surface area contributed by atoms with Gasteiger partial charge in [-0.3, -0.25) is 4.72 Å². The van der Waals surface area contributed by atoms with Crippen LogP contribution in [0.3, 0.4) is 0 Å². The van der Waals surface area contributed by atoms with Gasteiger partial charge in [-0.2, -0.15) is 12.7 Å². The Morgan fingerprint density at radius 2 is 2.05 bits per heavy atom. The molecule has 0 aromatic heterocycles. The lowest BCUT2D eigenvalue weighted by atomic mass is 10.2. The van der Waals surface area contributed by atoms with Crippen LogP contribution in [0.2, 0.25) is 0 Å². The van der Waals surface area contributed by atoms with E-state index in [1.165, 1.54) is 22.5 Å². The first-order chi connectivity index (χ1) is 10.0. The third-order valence-corrected chi connectivity index (χ3v) is 4.61. The highest BCUT2D eigenvalue weighted by Gasteiger charge is 2.25. The summed E-state index contributed by atoms with van der Waals surface area (Å²) in [4.78, 5) is 0. The van der Waals surface area contributed by atoms with Gasteiger partial charge in [0.05, 0.1) is 12.3 Å². The number of rotatable bonds is 4. The number of aliphatic hydroxyl groups is 1. The fourth-order valence-electron chi connectivity index (χ4n) is 2.03. The van der Waals surface area contributed by atoms with Gasteiger partial charge < -0.3 is 5.11 Å². The Balaban J connectivity index is 2.13. The SMILES string of the molecule is O=S(=O)(Nc1ccc(C#CCCO)cc1F)N1CCCC1. The molecule has 0 unspecified atom stereocenters. The van der Waals surface area contributed by atoms with Gasteiger partial charge in [-0.25, -0.2) is 4.39 Å². The molecule has 0 spiro atoms. The lowest BCUT2D eigenvalue weighted by molar-refractivity contribution is 0.305. The molecule has 114 valence electrons. The number of halogens is 1. The molecule has 2 N–H and O–H groups in total. The number of nitrogens with zero attached hydrogens (tertiary/aromatic N) is 1. The molecule has 0 amide bonds. The van der Waals surface area contributed by atoms with E-state index in [9.17, 15) is 12.8 Å². The minimum absolute atomic E-state index is 0.0524. The van der Waals surface area contributed by atoms with Crippen molar-refractivity contribution in [1.29, 1.82) is 0 Å². The zero-order valence-electron chi connectivity index (χ0n) is 11.5. The van der Waals surface area contributed by atoms with Crippen molar-refractivity contribution < 1.29 is 17.9 Å². The molecule has 0 radical (unpaired) electrons. The summed E-state index contributed by atoms with van der Waals surface area (Å²) >= 11 is 0. The van der Waals surface area contributed by atoms with Crippen LogP contribution in [0.25, 0.3) is 0 Å².